The molecule has 1 aliphatic heterocycles. The topological polar surface area (TPSA) is 65.5 Å². The fourth-order valence-electron chi connectivity index (χ4n) is 2.49. The molecule has 0 aromatic carbocycles. The van der Waals surface area contributed by atoms with E-state index >= 15 is 0 Å². The number of aryl methyl sites for hydroxylation is 1. The van der Waals surface area contributed by atoms with E-state index in [1.807, 2.05) is 35.7 Å². The highest BCUT2D eigenvalue weighted by Crippen LogP contribution is 2.25. The van der Waals surface area contributed by atoms with Crippen LogP contribution in [0.5, 0.6) is 0 Å². The lowest BCUT2D eigenvalue weighted by molar-refractivity contribution is 0.192. The highest BCUT2D eigenvalue weighted by atomic mass is 16.5. The van der Waals surface area contributed by atoms with Crippen LogP contribution < -0.4 is 0 Å². The van der Waals surface area contributed by atoms with Crippen molar-refractivity contribution in [1.29, 1.82) is 0 Å². The summed E-state index contributed by atoms with van der Waals surface area (Å²) in [6.45, 7) is 3.47. The van der Waals surface area contributed by atoms with Crippen molar-refractivity contribution in [3.05, 3.63) is 35.9 Å². The molecule has 1 fully saturated rings. The number of nitrogens with zero attached hydrogens (tertiary/aromatic N) is 4. The maximum absolute atomic E-state index is 5.35. The third-order valence-corrected chi connectivity index (χ3v) is 3.65. The summed E-state index contributed by atoms with van der Waals surface area (Å²) in [5.74, 6) is 1.42. The molecular weight excluding hydrogens is 256 g/mol. The van der Waals surface area contributed by atoms with Crippen LogP contribution in [0.3, 0.4) is 0 Å². The second-order valence-corrected chi connectivity index (χ2v) is 5.04. The molecule has 3 aromatic rings. The summed E-state index contributed by atoms with van der Waals surface area (Å²) < 4.78 is 12.7. The lowest BCUT2D eigenvalue weighted by Gasteiger charge is -1.97. The highest BCUT2D eigenvalue weighted by molar-refractivity contribution is 5.54. The first kappa shape index (κ1) is 11.6. The van der Waals surface area contributed by atoms with Crippen LogP contribution >= 0.6 is 0 Å². The van der Waals surface area contributed by atoms with Gasteiger partial charge in [-0.2, -0.15) is 4.98 Å². The Morgan fingerprint density at radius 3 is 3.05 bits per heavy atom. The van der Waals surface area contributed by atoms with Gasteiger partial charge < -0.3 is 13.7 Å². The summed E-state index contributed by atoms with van der Waals surface area (Å²) >= 11 is 0. The standard InChI is InChI=1S/C14H14N4O2/c1-9-3-2-4-12-15-11(7-18(9)12)14-16-13(17-20-14)10-5-6-19-8-10/h2-4,7,10H,5-6,8H2,1H3. The third-order valence-electron chi connectivity index (χ3n) is 3.65. The van der Waals surface area contributed by atoms with Gasteiger partial charge in [0.25, 0.3) is 5.89 Å². The third kappa shape index (κ3) is 1.80. The van der Waals surface area contributed by atoms with Crippen molar-refractivity contribution in [3.8, 4) is 11.6 Å². The molecule has 0 bridgehead atoms. The molecule has 1 atom stereocenters. The summed E-state index contributed by atoms with van der Waals surface area (Å²) in [7, 11) is 0. The Hall–Kier alpha value is -2.21. The van der Waals surface area contributed by atoms with Gasteiger partial charge in [-0.1, -0.05) is 11.2 Å². The van der Waals surface area contributed by atoms with Gasteiger partial charge in [-0.15, -0.1) is 0 Å². The molecule has 3 aromatic heterocycles. The van der Waals surface area contributed by atoms with Gasteiger partial charge in [0.15, 0.2) is 5.82 Å². The lowest BCUT2D eigenvalue weighted by atomic mass is 10.1. The van der Waals surface area contributed by atoms with Crippen molar-refractivity contribution in [1.82, 2.24) is 19.5 Å². The Balaban J connectivity index is 1.73. The molecule has 102 valence electrons. The van der Waals surface area contributed by atoms with Crippen LogP contribution in [-0.4, -0.2) is 32.7 Å². The van der Waals surface area contributed by atoms with Gasteiger partial charge in [-0.05, 0) is 25.5 Å². The number of hydrogen-bond acceptors (Lipinski definition) is 5. The van der Waals surface area contributed by atoms with Crippen molar-refractivity contribution < 1.29 is 9.26 Å². The van der Waals surface area contributed by atoms with Crippen LogP contribution in [0, 0.1) is 6.92 Å². The quantitative estimate of drug-likeness (QED) is 0.714. The lowest BCUT2D eigenvalue weighted by Crippen LogP contribution is -1.99. The van der Waals surface area contributed by atoms with Crippen LogP contribution in [0.15, 0.2) is 28.9 Å². The number of hydrogen-bond donors (Lipinski definition) is 0. The maximum Gasteiger partial charge on any atom is 0.278 e. The summed E-state index contributed by atoms with van der Waals surface area (Å²) in [5.41, 5.74) is 2.70. The van der Waals surface area contributed by atoms with E-state index in [0.29, 0.717) is 24.0 Å². The average Bonchev–Trinajstić information content (AvgIpc) is 3.18. The fourth-order valence-corrected chi connectivity index (χ4v) is 2.49. The van der Waals surface area contributed by atoms with Gasteiger partial charge in [-0.3, -0.25) is 0 Å². The van der Waals surface area contributed by atoms with Gasteiger partial charge in [-0.25, -0.2) is 4.98 Å². The zero-order chi connectivity index (χ0) is 13.5. The number of rotatable bonds is 2. The first-order chi connectivity index (χ1) is 9.81. The predicted molar refractivity (Wildman–Crippen MR) is 71.4 cm³/mol. The van der Waals surface area contributed by atoms with Crippen LogP contribution in [0.1, 0.15) is 23.9 Å². The number of fused-ring (bicyclic) bond motifs is 1. The second kappa shape index (κ2) is 4.42. The van der Waals surface area contributed by atoms with Gasteiger partial charge in [0.05, 0.1) is 6.61 Å². The van der Waals surface area contributed by atoms with E-state index in [1.165, 1.54) is 0 Å². The molecule has 1 saturated heterocycles. The summed E-state index contributed by atoms with van der Waals surface area (Å²) in [6, 6.07) is 5.97. The molecule has 0 amide bonds. The van der Waals surface area contributed by atoms with E-state index in [4.69, 9.17) is 9.26 Å². The van der Waals surface area contributed by atoms with Crippen molar-refractivity contribution in [2.75, 3.05) is 13.2 Å². The molecule has 0 spiro atoms. The van der Waals surface area contributed by atoms with Crippen molar-refractivity contribution in [3.63, 3.8) is 0 Å². The molecule has 0 radical (unpaired) electrons. The minimum absolute atomic E-state index is 0.242. The molecule has 1 aliphatic rings. The molecule has 0 saturated carbocycles. The molecular formula is C14H14N4O2. The van der Waals surface area contributed by atoms with E-state index in [1.54, 1.807) is 0 Å². The summed E-state index contributed by atoms with van der Waals surface area (Å²) in [6.07, 6.45) is 2.87. The van der Waals surface area contributed by atoms with Gasteiger partial charge in [0.2, 0.25) is 0 Å². The van der Waals surface area contributed by atoms with E-state index in [0.717, 1.165) is 24.4 Å². The van der Waals surface area contributed by atoms with Gasteiger partial charge in [0.1, 0.15) is 11.3 Å². The van der Waals surface area contributed by atoms with Crippen LogP contribution in [0.2, 0.25) is 0 Å². The van der Waals surface area contributed by atoms with Gasteiger partial charge >= 0.3 is 0 Å². The minimum Gasteiger partial charge on any atom is -0.381 e. The zero-order valence-electron chi connectivity index (χ0n) is 11.1. The first-order valence-corrected chi connectivity index (χ1v) is 6.68. The molecule has 6 heteroatoms. The van der Waals surface area contributed by atoms with E-state index in [9.17, 15) is 0 Å². The van der Waals surface area contributed by atoms with Crippen molar-refractivity contribution >= 4 is 5.65 Å². The van der Waals surface area contributed by atoms with E-state index in [-0.39, 0.29) is 5.92 Å². The average molecular weight is 270 g/mol. The van der Waals surface area contributed by atoms with Crippen molar-refractivity contribution in [2.45, 2.75) is 19.3 Å². The smallest absolute Gasteiger partial charge is 0.278 e. The van der Waals surface area contributed by atoms with Crippen molar-refractivity contribution in [2.24, 2.45) is 0 Å². The first-order valence-electron chi connectivity index (χ1n) is 6.68. The highest BCUT2D eigenvalue weighted by Gasteiger charge is 2.24. The SMILES string of the molecule is Cc1cccc2nc(-c3nc(C4CCOC4)no3)cn12. The Bertz CT molecular complexity index is 755. The summed E-state index contributed by atoms with van der Waals surface area (Å²) in [5, 5.41) is 4.05. The largest absolute Gasteiger partial charge is 0.381 e. The molecule has 6 nitrogen and oxygen atoms in total. The maximum atomic E-state index is 5.35. The normalized spacial score (nSPS) is 18.9. The summed E-state index contributed by atoms with van der Waals surface area (Å²) in [4.78, 5) is 8.97. The Morgan fingerprint density at radius 1 is 1.30 bits per heavy atom. The number of aromatic nitrogens is 4. The van der Waals surface area contributed by atoms with E-state index < -0.39 is 0 Å². The Kier molecular flexibility index (Phi) is 2.56. The Morgan fingerprint density at radius 2 is 2.25 bits per heavy atom. The van der Waals surface area contributed by atoms with Gasteiger partial charge in [0, 0.05) is 24.4 Å². The minimum atomic E-state index is 0.242. The number of pyridine rings is 1. The second-order valence-electron chi connectivity index (χ2n) is 5.04. The Labute approximate surface area is 115 Å². The molecule has 4 rings (SSSR count). The van der Waals surface area contributed by atoms with E-state index in [2.05, 4.69) is 15.1 Å². The predicted octanol–water partition coefficient (Wildman–Crippen LogP) is 2.20. The van der Waals surface area contributed by atoms with Crippen LogP contribution in [0.4, 0.5) is 0 Å². The fraction of sp³-hybridized carbons (Fsp3) is 0.357. The number of ether oxygens (including phenoxy) is 1. The molecule has 0 aliphatic carbocycles. The molecule has 0 N–H and O–H groups in total. The monoisotopic (exact) mass is 270 g/mol. The van der Waals surface area contributed by atoms with Crippen LogP contribution in [0.25, 0.3) is 17.2 Å². The zero-order valence-corrected chi connectivity index (χ0v) is 11.1. The number of imidazole rings is 1. The molecule has 20 heavy (non-hydrogen) atoms. The molecule has 4 heterocycles. The molecule has 1 unspecified atom stereocenters. The van der Waals surface area contributed by atoms with Crippen LogP contribution in [-0.2, 0) is 4.74 Å².